The molecule has 0 saturated carbocycles. The van der Waals surface area contributed by atoms with E-state index in [9.17, 15) is 0 Å². The van der Waals surface area contributed by atoms with E-state index < -0.39 is 0 Å². The summed E-state index contributed by atoms with van der Waals surface area (Å²) in [6.45, 7) is 4.54. The molecule has 2 rings (SSSR count). The van der Waals surface area contributed by atoms with Gasteiger partial charge in [0.05, 0.1) is 0 Å². The molecule has 1 aliphatic heterocycles. The lowest BCUT2D eigenvalue weighted by Gasteiger charge is -2.29. The van der Waals surface area contributed by atoms with Crippen LogP contribution in [0.4, 0.5) is 0 Å². The van der Waals surface area contributed by atoms with Crippen molar-refractivity contribution < 1.29 is 0 Å². The van der Waals surface area contributed by atoms with Crippen molar-refractivity contribution in [2.45, 2.75) is 44.7 Å². The predicted molar refractivity (Wildman–Crippen MR) is 72.9 cm³/mol. The number of hydrogen-bond acceptors (Lipinski definition) is 2. The fraction of sp³-hybridized carbons (Fsp3) is 0.600. The van der Waals surface area contributed by atoms with E-state index in [2.05, 4.69) is 36.1 Å². The number of rotatable bonds is 3. The van der Waals surface area contributed by atoms with Crippen LogP contribution >= 0.6 is 0 Å². The Morgan fingerprint density at radius 1 is 1.24 bits per heavy atom. The van der Waals surface area contributed by atoms with Crippen LogP contribution in [-0.4, -0.2) is 24.0 Å². The Kier molecular flexibility index (Phi) is 4.57. The molecule has 2 nitrogen and oxygen atoms in total. The third-order valence-corrected chi connectivity index (χ3v) is 3.85. The average Bonchev–Trinajstić information content (AvgIpc) is 2.56. The zero-order valence-corrected chi connectivity index (χ0v) is 10.8. The van der Waals surface area contributed by atoms with E-state index in [0.717, 1.165) is 6.54 Å². The highest BCUT2D eigenvalue weighted by Gasteiger charge is 2.19. The van der Waals surface area contributed by atoms with Crippen molar-refractivity contribution in [1.29, 1.82) is 0 Å². The second kappa shape index (κ2) is 6.18. The van der Waals surface area contributed by atoms with E-state index >= 15 is 0 Å². The van der Waals surface area contributed by atoms with Crippen LogP contribution in [0.2, 0.25) is 0 Å². The molecule has 0 aliphatic carbocycles. The first kappa shape index (κ1) is 12.6. The van der Waals surface area contributed by atoms with Crippen molar-refractivity contribution >= 4 is 0 Å². The van der Waals surface area contributed by atoms with Gasteiger partial charge >= 0.3 is 0 Å². The van der Waals surface area contributed by atoms with Crippen molar-refractivity contribution in [3.8, 4) is 0 Å². The molecule has 1 aromatic carbocycles. The minimum absolute atomic E-state index is 0.150. The number of nitrogens with two attached hydrogens (primary N) is 1. The van der Waals surface area contributed by atoms with Gasteiger partial charge in [0.25, 0.3) is 0 Å². The van der Waals surface area contributed by atoms with Gasteiger partial charge in [0.1, 0.15) is 0 Å². The summed E-state index contributed by atoms with van der Waals surface area (Å²) in [6, 6.07) is 11.3. The van der Waals surface area contributed by atoms with Gasteiger partial charge in [-0.3, -0.25) is 4.90 Å². The van der Waals surface area contributed by atoms with Crippen LogP contribution in [0.25, 0.3) is 0 Å². The molecule has 17 heavy (non-hydrogen) atoms. The van der Waals surface area contributed by atoms with E-state index in [1.165, 1.54) is 37.8 Å². The van der Waals surface area contributed by atoms with Gasteiger partial charge in [-0.1, -0.05) is 43.2 Å². The van der Waals surface area contributed by atoms with Crippen LogP contribution in [0.5, 0.6) is 0 Å². The Morgan fingerprint density at radius 3 is 2.76 bits per heavy atom. The van der Waals surface area contributed by atoms with Crippen LogP contribution < -0.4 is 5.73 Å². The first-order chi connectivity index (χ1) is 8.27. The lowest BCUT2D eigenvalue weighted by Crippen LogP contribution is -2.38. The third-order valence-electron chi connectivity index (χ3n) is 3.85. The Hall–Kier alpha value is -0.860. The summed E-state index contributed by atoms with van der Waals surface area (Å²) in [5.41, 5.74) is 7.55. The van der Waals surface area contributed by atoms with Gasteiger partial charge in [0.15, 0.2) is 0 Å². The summed E-state index contributed by atoms with van der Waals surface area (Å²) in [5, 5.41) is 0. The SMILES string of the molecule is CC1CCCCCN1C[C@@H](N)c1ccccc1. The number of hydrogen-bond donors (Lipinski definition) is 1. The number of nitrogens with zero attached hydrogens (tertiary/aromatic N) is 1. The first-order valence-corrected chi connectivity index (χ1v) is 6.82. The molecule has 2 atom stereocenters. The maximum absolute atomic E-state index is 6.30. The van der Waals surface area contributed by atoms with Crippen molar-refractivity contribution in [2.75, 3.05) is 13.1 Å². The Morgan fingerprint density at radius 2 is 2.00 bits per heavy atom. The van der Waals surface area contributed by atoms with Crippen molar-refractivity contribution in [1.82, 2.24) is 4.90 Å². The summed E-state index contributed by atoms with van der Waals surface area (Å²) in [6.07, 6.45) is 5.40. The third kappa shape index (κ3) is 3.55. The van der Waals surface area contributed by atoms with E-state index in [0.29, 0.717) is 6.04 Å². The second-order valence-electron chi connectivity index (χ2n) is 5.21. The first-order valence-electron chi connectivity index (χ1n) is 6.82. The van der Waals surface area contributed by atoms with Gasteiger partial charge < -0.3 is 5.73 Å². The number of likely N-dealkylation sites (tertiary alicyclic amines) is 1. The van der Waals surface area contributed by atoms with Crippen molar-refractivity contribution in [3.05, 3.63) is 35.9 Å². The molecule has 1 aliphatic rings. The topological polar surface area (TPSA) is 29.3 Å². The fourth-order valence-corrected chi connectivity index (χ4v) is 2.66. The molecule has 0 aromatic heterocycles. The monoisotopic (exact) mass is 232 g/mol. The van der Waals surface area contributed by atoms with Crippen molar-refractivity contribution in [3.63, 3.8) is 0 Å². The van der Waals surface area contributed by atoms with Gasteiger partial charge in [0, 0.05) is 18.6 Å². The molecule has 0 radical (unpaired) electrons. The standard InChI is InChI=1S/C15H24N2/c1-13-8-4-3-7-11-17(13)12-15(16)14-9-5-2-6-10-14/h2,5-6,9-10,13,15H,3-4,7-8,11-12,16H2,1H3/t13?,15-/m1/s1. The Balaban J connectivity index is 1.95. The highest BCUT2D eigenvalue weighted by molar-refractivity contribution is 5.18. The van der Waals surface area contributed by atoms with Crippen LogP contribution in [0, 0.1) is 0 Å². The minimum atomic E-state index is 0.150. The largest absolute Gasteiger partial charge is 0.323 e. The zero-order valence-electron chi connectivity index (χ0n) is 10.8. The average molecular weight is 232 g/mol. The van der Waals surface area contributed by atoms with Crippen LogP contribution in [-0.2, 0) is 0 Å². The van der Waals surface area contributed by atoms with Gasteiger partial charge in [0.2, 0.25) is 0 Å². The summed E-state index contributed by atoms with van der Waals surface area (Å²) in [4.78, 5) is 2.56. The molecular formula is C15H24N2. The Bertz CT molecular complexity index is 323. The van der Waals surface area contributed by atoms with Gasteiger partial charge in [-0.05, 0) is 31.9 Å². The highest BCUT2D eigenvalue weighted by Crippen LogP contribution is 2.19. The maximum Gasteiger partial charge on any atom is 0.0424 e. The molecular weight excluding hydrogens is 208 g/mol. The molecule has 1 unspecified atom stereocenters. The summed E-state index contributed by atoms with van der Waals surface area (Å²) in [7, 11) is 0. The summed E-state index contributed by atoms with van der Waals surface area (Å²) >= 11 is 0. The van der Waals surface area contributed by atoms with Crippen LogP contribution in [0.3, 0.4) is 0 Å². The quantitative estimate of drug-likeness (QED) is 0.868. The molecule has 1 heterocycles. The predicted octanol–water partition coefficient (Wildman–Crippen LogP) is 2.95. The van der Waals surface area contributed by atoms with Gasteiger partial charge in [-0.25, -0.2) is 0 Å². The fourth-order valence-electron chi connectivity index (χ4n) is 2.66. The van der Waals surface area contributed by atoms with Crippen LogP contribution in [0.15, 0.2) is 30.3 Å². The highest BCUT2D eigenvalue weighted by atomic mass is 15.2. The molecule has 1 fully saturated rings. The molecule has 2 heteroatoms. The molecule has 2 N–H and O–H groups in total. The summed E-state index contributed by atoms with van der Waals surface area (Å²) < 4.78 is 0. The molecule has 1 saturated heterocycles. The van der Waals surface area contributed by atoms with E-state index in [1.54, 1.807) is 0 Å². The lowest BCUT2D eigenvalue weighted by atomic mass is 10.1. The van der Waals surface area contributed by atoms with Crippen molar-refractivity contribution in [2.24, 2.45) is 5.73 Å². The normalized spacial score (nSPS) is 24.2. The van der Waals surface area contributed by atoms with Crippen LogP contribution in [0.1, 0.15) is 44.2 Å². The minimum Gasteiger partial charge on any atom is -0.323 e. The maximum atomic E-state index is 6.30. The van der Waals surface area contributed by atoms with E-state index in [4.69, 9.17) is 5.73 Å². The molecule has 0 bridgehead atoms. The lowest BCUT2D eigenvalue weighted by molar-refractivity contribution is 0.201. The zero-order chi connectivity index (χ0) is 12.1. The smallest absolute Gasteiger partial charge is 0.0424 e. The molecule has 1 aromatic rings. The van der Waals surface area contributed by atoms with Gasteiger partial charge in [-0.2, -0.15) is 0 Å². The Labute approximate surface area is 105 Å². The molecule has 94 valence electrons. The summed E-state index contributed by atoms with van der Waals surface area (Å²) in [5.74, 6) is 0. The molecule has 0 amide bonds. The van der Waals surface area contributed by atoms with E-state index in [1.807, 2.05) is 6.07 Å². The second-order valence-corrected chi connectivity index (χ2v) is 5.21. The number of benzene rings is 1. The van der Waals surface area contributed by atoms with Gasteiger partial charge in [-0.15, -0.1) is 0 Å². The molecule has 0 spiro atoms. The van der Waals surface area contributed by atoms with E-state index in [-0.39, 0.29) is 6.04 Å².